The summed E-state index contributed by atoms with van der Waals surface area (Å²) in [5.74, 6) is 0.237. The van der Waals surface area contributed by atoms with Crippen molar-refractivity contribution in [2.45, 2.75) is 19.4 Å². The second-order valence-corrected chi connectivity index (χ2v) is 8.44. The molecule has 1 unspecified atom stereocenters. The Morgan fingerprint density at radius 2 is 1.89 bits per heavy atom. The topological polar surface area (TPSA) is 104 Å². The smallest absolute Gasteiger partial charge is 0.295 e. The van der Waals surface area contributed by atoms with E-state index >= 15 is 0 Å². The Balaban J connectivity index is 1.82. The molecule has 196 valence electrons. The third-order valence-electron chi connectivity index (χ3n) is 6.04. The van der Waals surface area contributed by atoms with E-state index in [-0.39, 0.29) is 17.9 Å². The molecule has 0 aromatic heterocycles. The Kier molecular flexibility index (Phi) is 8.35. The Hall–Kier alpha value is -3.98. The van der Waals surface area contributed by atoms with Crippen LogP contribution in [0.15, 0.2) is 54.6 Å². The largest absolute Gasteiger partial charge is 0.507 e. The van der Waals surface area contributed by atoms with Crippen LogP contribution < -0.4 is 18.9 Å². The van der Waals surface area contributed by atoms with Crippen LogP contribution in [0, 0.1) is 0 Å². The predicted molar refractivity (Wildman–Crippen MR) is 136 cm³/mol. The average Bonchev–Trinajstić information content (AvgIpc) is 3.17. The van der Waals surface area contributed by atoms with Crippen LogP contribution in [0.4, 0.5) is 0 Å². The van der Waals surface area contributed by atoms with Gasteiger partial charge in [-0.15, -0.1) is 0 Å². The van der Waals surface area contributed by atoms with E-state index in [2.05, 4.69) is 6.58 Å². The zero-order chi connectivity index (χ0) is 26.4. The lowest BCUT2D eigenvalue weighted by Gasteiger charge is -2.26. The van der Waals surface area contributed by atoms with E-state index in [1.54, 1.807) is 49.6 Å². The van der Waals surface area contributed by atoms with Gasteiger partial charge in [0.05, 0.1) is 18.2 Å². The number of benzene rings is 2. The molecule has 1 fully saturated rings. The molecule has 0 bridgehead atoms. The van der Waals surface area contributed by atoms with Crippen LogP contribution in [0.3, 0.4) is 0 Å². The summed E-state index contributed by atoms with van der Waals surface area (Å²) < 4.78 is 27.8. The number of aliphatic hydroxyl groups is 1. The third-order valence-corrected chi connectivity index (χ3v) is 6.04. The number of ketones is 1. The quantitative estimate of drug-likeness (QED) is 0.160. The standard InChI is InChI=1S/C28H31NO8/c1-4-12-35-20-9-7-18(16-22(20)34-5-2)25-24(27(31)28(32)29(25)11-6-13-33-3)26(30)19-8-10-21-23(17-19)37-15-14-36-21/h4,7-10,16-17,25,30H,1,5-6,11-15H2,2-3H3/b26-24-. The molecule has 2 aliphatic rings. The number of likely N-dealkylation sites (tertiary alicyclic amines) is 1. The van der Waals surface area contributed by atoms with E-state index in [1.807, 2.05) is 6.92 Å². The number of Topliss-reactive ketones (excluding diaryl/α,β-unsaturated/α-hetero) is 1. The Morgan fingerprint density at radius 1 is 1.11 bits per heavy atom. The van der Waals surface area contributed by atoms with E-state index in [0.717, 1.165) is 0 Å². The number of carbonyl (C=O) groups excluding carboxylic acids is 2. The van der Waals surface area contributed by atoms with Gasteiger partial charge in [-0.3, -0.25) is 9.59 Å². The fourth-order valence-corrected chi connectivity index (χ4v) is 4.41. The van der Waals surface area contributed by atoms with Crippen molar-refractivity contribution in [3.8, 4) is 23.0 Å². The van der Waals surface area contributed by atoms with Gasteiger partial charge in [0, 0.05) is 25.8 Å². The maximum atomic E-state index is 13.3. The molecule has 4 rings (SSSR count). The van der Waals surface area contributed by atoms with Crippen molar-refractivity contribution in [3.05, 3.63) is 65.8 Å². The van der Waals surface area contributed by atoms with Gasteiger partial charge in [-0.05, 0) is 49.2 Å². The van der Waals surface area contributed by atoms with Crippen LogP contribution >= 0.6 is 0 Å². The zero-order valence-corrected chi connectivity index (χ0v) is 21.0. The summed E-state index contributed by atoms with van der Waals surface area (Å²) in [6.45, 7) is 7.68. The lowest BCUT2D eigenvalue weighted by Crippen LogP contribution is -2.31. The molecule has 2 heterocycles. The first-order chi connectivity index (χ1) is 18.0. The van der Waals surface area contributed by atoms with Crippen molar-refractivity contribution < 1.29 is 38.4 Å². The molecule has 0 radical (unpaired) electrons. The van der Waals surface area contributed by atoms with Crippen molar-refractivity contribution >= 4 is 17.4 Å². The van der Waals surface area contributed by atoms with Crippen LogP contribution in [-0.2, 0) is 14.3 Å². The molecule has 1 atom stereocenters. The van der Waals surface area contributed by atoms with Gasteiger partial charge in [-0.2, -0.15) is 0 Å². The lowest BCUT2D eigenvalue weighted by molar-refractivity contribution is -0.140. The highest BCUT2D eigenvalue weighted by Gasteiger charge is 2.46. The summed E-state index contributed by atoms with van der Waals surface area (Å²) in [6.07, 6.45) is 2.14. The first-order valence-electron chi connectivity index (χ1n) is 12.2. The number of amides is 1. The SMILES string of the molecule is C=CCOc1ccc(C2/C(=C(/O)c3ccc4c(c3)OCCO4)C(=O)C(=O)N2CCCOC)cc1OCC. The van der Waals surface area contributed by atoms with Gasteiger partial charge in [0.25, 0.3) is 11.7 Å². The Labute approximate surface area is 215 Å². The number of hydrogen-bond donors (Lipinski definition) is 1. The molecular weight excluding hydrogens is 478 g/mol. The highest BCUT2D eigenvalue weighted by atomic mass is 16.6. The van der Waals surface area contributed by atoms with Gasteiger partial charge >= 0.3 is 0 Å². The van der Waals surface area contributed by atoms with Crippen LogP contribution in [-0.4, -0.2) is 68.4 Å². The molecule has 1 N–H and O–H groups in total. The van der Waals surface area contributed by atoms with Gasteiger partial charge in [0.1, 0.15) is 25.6 Å². The van der Waals surface area contributed by atoms with E-state index in [0.29, 0.717) is 73.6 Å². The predicted octanol–water partition coefficient (Wildman–Crippen LogP) is 3.88. The van der Waals surface area contributed by atoms with Gasteiger partial charge < -0.3 is 33.7 Å². The molecule has 2 aliphatic heterocycles. The second-order valence-electron chi connectivity index (χ2n) is 8.44. The summed E-state index contributed by atoms with van der Waals surface area (Å²) >= 11 is 0. The highest BCUT2D eigenvalue weighted by Crippen LogP contribution is 2.43. The number of hydrogen-bond acceptors (Lipinski definition) is 8. The molecule has 0 aliphatic carbocycles. The highest BCUT2D eigenvalue weighted by molar-refractivity contribution is 6.46. The number of nitrogens with zero attached hydrogens (tertiary/aromatic N) is 1. The average molecular weight is 510 g/mol. The van der Waals surface area contributed by atoms with Crippen LogP contribution in [0.5, 0.6) is 23.0 Å². The number of carbonyl (C=O) groups is 2. The van der Waals surface area contributed by atoms with Gasteiger partial charge in [0.15, 0.2) is 23.0 Å². The Morgan fingerprint density at radius 3 is 2.62 bits per heavy atom. The normalized spacial score (nSPS) is 18.1. The van der Waals surface area contributed by atoms with Crippen molar-refractivity contribution in [2.24, 2.45) is 0 Å². The second kappa shape index (κ2) is 11.8. The first kappa shape index (κ1) is 26.1. The van der Waals surface area contributed by atoms with Gasteiger partial charge in [-0.25, -0.2) is 0 Å². The summed E-state index contributed by atoms with van der Waals surface area (Å²) in [6, 6.07) is 9.30. The molecule has 37 heavy (non-hydrogen) atoms. The summed E-state index contributed by atoms with van der Waals surface area (Å²) in [5, 5.41) is 11.4. The molecule has 9 nitrogen and oxygen atoms in total. The van der Waals surface area contributed by atoms with Crippen molar-refractivity contribution in [1.29, 1.82) is 0 Å². The monoisotopic (exact) mass is 509 g/mol. The van der Waals surface area contributed by atoms with E-state index < -0.39 is 17.7 Å². The molecule has 0 spiro atoms. The van der Waals surface area contributed by atoms with Crippen LogP contribution in [0.2, 0.25) is 0 Å². The van der Waals surface area contributed by atoms with Crippen LogP contribution in [0.25, 0.3) is 5.76 Å². The summed E-state index contributed by atoms with van der Waals surface area (Å²) in [5.41, 5.74) is 0.937. The zero-order valence-electron chi connectivity index (χ0n) is 21.0. The molecular formula is C28H31NO8. The van der Waals surface area contributed by atoms with Crippen molar-refractivity contribution in [1.82, 2.24) is 4.90 Å². The maximum Gasteiger partial charge on any atom is 0.295 e. The number of methoxy groups -OCH3 is 1. The summed E-state index contributed by atoms with van der Waals surface area (Å²) in [7, 11) is 1.57. The molecule has 2 aromatic rings. The van der Waals surface area contributed by atoms with Gasteiger partial charge in [0.2, 0.25) is 0 Å². The Bertz CT molecular complexity index is 1200. The lowest BCUT2D eigenvalue weighted by atomic mass is 9.94. The molecule has 9 heteroatoms. The molecule has 2 aromatic carbocycles. The molecule has 0 saturated carbocycles. The maximum absolute atomic E-state index is 13.3. The minimum atomic E-state index is -0.835. The number of rotatable bonds is 11. The number of fused-ring (bicyclic) bond motifs is 1. The minimum absolute atomic E-state index is 0.0127. The van der Waals surface area contributed by atoms with E-state index in [9.17, 15) is 14.7 Å². The van der Waals surface area contributed by atoms with E-state index in [4.69, 9.17) is 23.7 Å². The number of ether oxygens (including phenoxy) is 5. The van der Waals surface area contributed by atoms with Gasteiger partial charge in [-0.1, -0.05) is 18.7 Å². The summed E-state index contributed by atoms with van der Waals surface area (Å²) in [4.78, 5) is 27.9. The number of aliphatic hydroxyl groups excluding tert-OH is 1. The van der Waals surface area contributed by atoms with Crippen molar-refractivity contribution in [2.75, 3.05) is 46.7 Å². The molecule has 1 saturated heterocycles. The molecule has 1 amide bonds. The fraction of sp³-hybridized carbons (Fsp3) is 0.357. The minimum Gasteiger partial charge on any atom is -0.507 e. The fourth-order valence-electron chi connectivity index (χ4n) is 4.41. The third kappa shape index (κ3) is 5.41. The van der Waals surface area contributed by atoms with E-state index in [1.165, 1.54) is 4.90 Å². The first-order valence-corrected chi connectivity index (χ1v) is 12.2. The van der Waals surface area contributed by atoms with Crippen LogP contribution in [0.1, 0.15) is 30.5 Å². The van der Waals surface area contributed by atoms with Crippen molar-refractivity contribution in [3.63, 3.8) is 0 Å².